The minimum Gasteiger partial charge on any atom is -0.321 e. The molecule has 5 nitrogen and oxygen atoms in total. The Balaban J connectivity index is 3.16. The average molecular weight is 158 g/mol. The maximum Gasteiger partial charge on any atom is 0.431 e. The molecule has 1 rings (SSSR count). The molecular weight excluding hydrogens is 146 g/mol. The van der Waals surface area contributed by atoms with Crippen molar-refractivity contribution in [1.29, 1.82) is 0 Å². The Kier molecular flexibility index (Phi) is 2.09. The third kappa shape index (κ3) is 1.32. The zero-order valence-electron chi connectivity index (χ0n) is 6.63. The second kappa shape index (κ2) is 2.87. The summed E-state index contributed by atoms with van der Waals surface area (Å²) < 4.78 is 6.16. The van der Waals surface area contributed by atoms with Gasteiger partial charge >= 0.3 is 11.3 Å². The van der Waals surface area contributed by atoms with Crippen molar-refractivity contribution in [3.63, 3.8) is 0 Å². The fraction of sp³-hybridized carbons (Fsp3) is 0.667. The van der Waals surface area contributed by atoms with Crippen LogP contribution in [0.1, 0.15) is 25.6 Å². The fourth-order valence-corrected chi connectivity index (χ4v) is 0.902. The molecule has 3 N–H and O–H groups in total. The molecule has 0 spiro atoms. The van der Waals surface area contributed by atoms with Crippen LogP contribution < -0.4 is 16.0 Å². The Morgan fingerprint density at radius 3 is 2.73 bits per heavy atom. The summed E-state index contributed by atoms with van der Waals surface area (Å²) in [5, 5.41) is 2.47. The average Bonchev–Trinajstić information content (AvgIpc) is 2.30. The highest BCUT2D eigenvalue weighted by molar-refractivity contribution is 4.80. The summed E-state index contributed by atoms with van der Waals surface area (Å²) in [4.78, 5) is 10.9. The fourth-order valence-electron chi connectivity index (χ4n) is 0.902. The van der Waals surface area contributed by atoms with Gasteiger partial charge in [0.25, 0.3) is 0 Å². The molecule has 0 unspecified atom stereocenters. The number of hydrogen-bond acceptors (Lipinski definition) is 3. The van der Waals surface area contributed by atoms with Crippen LogP contribution in [0.15, 0.2) is 9.32 Å². The van der Waals surface area contributed by atoms with Crippen molar-refractivity contribution < 1.29 is 9.20 Å². The van der Waals surface area contributed by atoms with Crippen LogP contribution in [0.5, 0.6) is 0 Å². The van der Waals surface area contributed by atoms with E-state index in [1.54, 1.807) is 4.68 Å². The van der Waals surface area contributed by atoms with Gasteiger partial charge in [0.2, 0.25) is 0 Å². The van der Waals surface area contributed by atoms with Crippen molar-refractivity contribution in [3.05, 3.63) is 16.1 Å². The molecule has 0 amide bonds. The lowest BCUT2D eigenvalue weighted by Gasteiger charge is -1.93. The first kappa shape index (κ1) is 8.00. The van der Waals surface area contributed by atoms with Crippen molar-refractivity contribution in [2.45, 2.75) is 26.4 Å². The molecule has 62 valence electrons. The van der Waals surface area contributed by atoms with E-state index in [1.807, 2.05) is 13.8 Å². The smallest absolute Gasteiger partial charge is 0.321 e. The molecule has 0 atom stereocenters. The lowest BCUT2D eigenvalue weighted by molar-refractivity contribution is -0.785. The van der Waals surface area contributed by atoms with Gasteiger partial charge < -0.3 is 5.73 Å². The van der Waals surface area contributed by atoms with E-state index in [9.17, 15) is 4.79 Å². The molecule has 1 aromatic heterocycles. The predicted molar refractivity (Wildman–Crippen MR) is 37.8 cm³/mol. The SMILES string of the molecule is CC(C)[n+]1[nH]oc(=O)c1CN. The van der Waals surface area contributed by atoms with E-state index in [0.29, 0.717) is 5.69 Å². The minimum atomic E-state index is -0.388. The largest absolute Gasteiger partial charge is 0.431 e. The Hall–Kier alpha value is -1.10. The molecule has 0 aromatic carbocycles. The Labute approximate surface area is 63.8 Å². The highest BCUT2D eigenvalue weighted by Crippen LogP contribution is 1.89. The number of rotatable bonds is 2. The topological polar surface area (TPSA) is 75.9 Å². The van der Waals surface area contributed by atoms with Gasteiger partial charge in [-0.15, -0.1) is 0 Å². The summed E-state index contributed by atoms with van der Waals surface area (Å²) in [7, 11) is 0. The van der Waals surface area contributed by atoms with Crippen LogP contribution in [0.4, 0.5) is 0 Å². The molecule has 0 radical (unpaired) electrons. The van der Waals surface area contributed by atoms with E-state index in [4.69, 9.17) is 5.73 Å². The number of nitrogens with one attached hydrogen (secondary N) is 1. The van der Waals surface area contributed by atoms with Crippen LogP contribution >= 0.6 is 0 Å². The van der Waals surface area contributed by atoms with Crippen LogP contribution in [-0.4, -0.2) is 5.27 Å². The summed E-state index contributed by atoms with van der Waals surface area (Å²) in [6.45, 7) is 4.07. The quantitative estimate of drug-likeness (QED) is 0.558. The molecule has 1 aromatic rings. The van der Waals surface area contributed by atoms with Crippen molar-refractivity contribution in [2.24, 2.45) is 5.73 Å². The second-order valence-corrected chi connectivity index (χ2v) is 2.60. The van der Waals surface area contributed by atoms with E-state index in [2.05, 4.69) is 9.79 Å². The third-order valence-corrected chi connectivity index (χ3v) is 1.47. The normalized spacial score (nSPS) is 10.9. The molecule has 0 aliphatic rings. The first-order valence-electron chi connectivity index (χ1n) is 3.48. The van der Waals surface area contributed by atoms with E-state index in [1.165, 1.54) is 0 Å². The molecule has 0 fully saturated rings. The van der Waals surface area contributed by atoms with Gasteiger partial charge in [-0.2, -0.15) is 0 Å². The Morgan fingerprint density at radius 1 is 1.73 bits per heavy atom. The molecule has 0 bridgehead atoms. The van der Waals surface area contributed by atoms with Crippen molar-refractivity contribution in [1.82, 2.24) is 5.27 Å². The van der Waals surface area contributed by atoms with Gasteiger partial charge in [0.15, 0.2) is 6.04 Å². The van der Waals surface area contributed by atoms with Crippen LogP contribution in [0.25, 0.3) is 0 Å². The monoisotopic (exact) mass is 158 g/mol. The lowest BCUT2D eigenvalue weighted by Crippen LogP contribution is -2.44. The molecule has 5 heteroatoms. The third-order valence-electron chi connectivity index (χ3n) is 1.47. The maximum absolute atomic E-state index is 10.9. The number of hydrogen-bond donors (Lipinski definition) is 2. The number of nitrogens with two attached hydrogens (primary N) is 1. The molecule has 0 aliphatic heterocycles. The molecule has 0 aliphatic carbocycles. The standard InChI is InChI=1S/C6H11N3O2/c1-4(2)9-5(3-7)6(10)11-8-9/h4H,3,7H2,1-2H3/p+1. The van der Waals surface area contributed by atoms with E-state index < -0.39 is 0 Å². The number of H-pyrrole nitrogens is 1. The van der Waals surface area contributed by atoms with Gasteiger partial charge in [-0.05, 0) is 19.1 Å². The summed E-state index contributed by atoms with van der Waals surface area (Å²) in [5.74, 6) is 0. The van der Waals surface area contributed by atoms with Gasteiger partial charge in [0.1, 0.15) is 0 Å². The highest BCUT2D eigenvalue weighted by Gasteiger charge is 2.20. The Morgan fingerprint density at radius 2 is 2.36 bits per heavy atom. The molecule has 1 heterocycles. The second-order valence-electron chi connectivity index (χ2n) is 2.60. The van der Waals surface area contributed by atoms with Gasteiger partial charge in [-0.1, -0.05) is 4.68 Å². The van der Waals surface area contributed by atoms with Crippen LogP contribution in [-0.2, 0) is 6.54 Å². The number of aromatic amines is 1. The molecule has 0 saturated carbocycles. The lowest BCUT2D eigenvalue weighted by atomic mass is 10.3. The van der Waals surface area contributed by atoms with E-state index >= 15 is 0 Å². The van der Waals surface area contributed by atoms with Crippen LogP contribution in [0, 0.1) is 0 Å². The zero-order valence-corrected chi connectivity index (χ0v) is 6.63. The van der Waals surface area contributed by atoms with Gasteiger partial charge in [0.05, 0.1) is 6.54 Å². The van der Waals surface area contributed by atoms with Crippen molar-refractivity contribution in [2.75, 3.05) is 0 Å². The summed E-state index contributed by atoms with van der Waals surface area (Å²) in [6, 6.07) is 0.167. The van der Waals surface area contributed by atoms with E-state index in [-0.39, 0.29) is 18.2 Å². The number of nitrogens with zero attached hydrogens (tertiary/aromatic N) is 1. The molecular formula is C6H12N3O2+. The minimum absolute atomic E-state index is 0.167. The zero-order chi connectivity index (χ0) is 8.43. The molecule has 11 heavy (non-hydrogen) atoms. The predicted octanol–water partition coefficient (Wildman–Crippen LogP) is -0.705. The first-order valence-corrected chi connectivity index (χ1v) is 3.48. The van der Waals surface area contributed by atoms with Crippen LogP contribution in [0.3, 0.4) is 0 Å². The number of aromatic nitrogens is 2. The summed E-state index contributed by atoms with van der Waals surface area (Å²) >= 11 is 0. The molecule has 0 saturated heterocycles. The van der Waals surface area contributed by atoms with Crippen LogP contribution in [0.2, 0.25) is 0 Å². The van der Waals surface area contributed by atoms with Crippen molar-refractivity contribution in [3.8, 4) is 0 Å². The van der Waals surface area contributed by atoms with Gasteiger partial charge in [0, 0.05) is 0 Å². The first-order chi connectivity index (χ1) is 5.16. The highest BCUT2D eigenvalue weighted by atomic mass is 16.5. The Bertz CT molecular complexity index is 286. The van der Waals surface area contributed by atoms with Crippen molar-refractivity contribution >= 4 is 0 Å². The van der Waals surface area contributed by atoms with Gasteiger partial charge in [-0.3, -0.25) is 4.52 Å². The van der Waals surface area contributed by atoms with Gasteiger partial charge in [-0.25, -0.2) is 4.79 Å². The van der Waals surface area contributed by atoms with E-state index in [0.717, 1.165) is 0 Å². The summed E-state index contributed by atoms with van der Waals surface area (Å²) in [6.07, 6.45) is 0. The maximum atomic E-state index is 10.9. The summed E-state index contributed by atoms with van der Waals surface area (Å²) in [5.41, 5.74) is 5.42.